The van der Waals surface area contributed by atoms with Crippen LogP contribution in [-0.4, -0.2) is 19.4 Å². The van der Waals surface area contributed by atoms with Crippen LogP contribution in [0.1, 0.15) is 15.9 Å². The van der Waals surface area contributed by atoms with Crippen molar-refractivity contribution in [3.05, 3.63) is 29.1 Å². The summed E-state index contributed by atoms with van der Waals surface area (Å²) in [7, 11) is 1.39. The van der Waals surface area contributed by atoms with Crippen molar-refractivity contribution in [2.24, 2.45) is 5.73 Å². The average Bonchev–Trinajstić information content (AvgIpc) is 2.15. The van der Waals surface area contributed by atoms with E-state index in [9.17, 15) is 9.18 Å². The predicted octanol–water partition coefficient (Wildman–Crippen LogP) is 1.28. The van der Waals surface area contributed by atoms with Crippen LogP contribution in [0.3, 0.4) is 0 Å². The standard InChI is InChI=1S/C10H12FNO2/c1-6-3-7(11)10(8(13)5-12)9(4-6)14-2/h3-4H,5,12H2,1-2H3. The number of ether oxygens (including phenoxy) is 1. The molecule has 0 aliphatic rings. The van der Waals surface area contributed by atoms with Crippen molar-refractivity contribution in [1.82, 2.24) is 0 Å². The van der Waals surface area contributed by atoms with Crippen LogP contribution in [0.5, 0.6) is 5.75 Å². The maximum absolute atomic E-state index is 13.4. The summed E-state index contributed by atoms with van der Waals surface area (Å²) in [6, 6.07) is 2.89. The molecule has 0 aromatic heterocycles. The summed E-state index contributed by atoms with van der Waals surface area (Å²) in [4.78, 5) is 11.3. The molecule has 0 aliphatic heterocycles. The van der Waals surface area contributed by atoms with E-state index in [0.29, 0.717) is 5.56 Å². The molecule has 1 rings (SSSR count). The summed E-state index contributed by atoms with van der Waals surface area (Å²) in [5, 5.41) is 0. The Labute approximate surface area is 81.7 Å². The minimum atomic E-state index is -0.586. The first-order chi connectivity index (χ1) is 6.60. The van der Waals surface area contributed by atoms with E-state index in [-0.39, 0.29) is 17.9 Å². The maximum Gasteiger partial charge on any atom is 0.183 e. The normalized spacial score (nSPS) is 10.0. The molecule has 0 radical (unpaired) electrons. The first-order valence-electron chi connectivity index (χ1n) is 4.17. The Morgan fingerprint density at radius 3 is 2.71 bits per heavy atom. The first kappa shape index (κ1) is 10.7. The van der Waals surface area contributed by atoms with Gasteiger partial charge in [-0.1, -0.05) is 0 Å². The number of ketones is 1. The molecule has 0 fully saturated rings. The highest BCUT2D eigenvalue weighted by Crippen LogP contribution is 2.23. The Morgan fingerprint density at radius 2 is 2.21 bits per heavy atom. The van der Waals surface area contributed by atoms with Crippen LogP contribution in [0.25, 0.3) is 0 Å². The van der Waals surface area contributed by atoms with Crippen LogP contribution in [0.4, 0.5) is 4.39 Å². The molecule has 0 amide bonds. The lowest BCUT2D eigenvalue weighted by Crippen LogP contribution is -2.16. The van der Waals surface area contributed by atoms with Crippen molar-refractivity contribution in [3.63, 3.8) is 0 Å². The Morgan fingerprint density at radius 1 is 1.57 bits per heavy atom. The first-order valence-corrected chi connectivity index (χ1v) is 4.17. The summed E-state index contributed by atoms with van der Waals surface area (Å²) in [6.45, 7) is 1.50. The number of methoxy groups -OCH3 is 1. The third kappa shape index (κ3) is 1.90. The molecule has 1 aromatic rings. The van der Waals surface area contributed by atoms with E-state index < -0.39 is 11.6 Å². The number of aryl methyl sites for hydroxylation is 1. The van der Waals surface area contributed by atoms with Gasteiger partial charge in [0.15, 0.2) is 5.78 Å². The van der Waals surface area contributed by atoms with Gasteiger partial charge in [-0.2, -0.15) is 0 Å². The molecule has 76 valence electrons. The lowest BCUT2D eigenvalue weighted by Gasteiger charge is -2.08. The molecule has 0 saturated heterocycles. The van der Waals surface area contributed by atoms with Gasteiger partial charge < -0.3 is 10.5 Å². The molecule has 0 spiro atoms. The number of nitrogens with two attached hydrogens (primary N) is 1. The third-order valence-corrected chi connectivity index (χ3v) is 1.88. The second-order valence-corrected chi connectivity index (χ2v) is 2.95. The number of hydrogen-bond acceptors (Lipinski definition) is 3. The Kier molecular flexibility index (Phi) is 3.19. The highest BCUT2D eigenvalue weighted by Gasteiger charge is 2.16. The van der Waals surface area contributed by atoms with Crippen molar-refractivity contribution in [3.8, 4) is 5.75 Å². The molecule has 4 heteroatoms. The van der Waals surface area contributed by atoms with Gasteiger partial charge in [-0.15, -0.1) is 0 Å². The van der Waals surface area contributed by atoms with E-state index in [4.69, 9.17) is 10.5 Å². The van der Waals surface area contributed by atoms with Gasteiger partial charge in [-0.3, -0.25) is 4.79 Å². The number of rotatable bonds is 3. The van der Waals surface area contributed by atoms with E-state index in [2.05, 4.69) is 0 Å². The molecule has 1 aromatic carbocycles. The van der Waals surface area contributed by atoms with Crippen LogP contribution in [-0.2, 0) is 0 Å². The van der Waals surface area contributed by atoms with Crippen LogP contribution < -0.4 is 10.5 Å². The molecular formula is C10H12FNO2. The van der Waals surface area contributed by atoms with Crippen LogP contribution in [0.15, 0.2) is 12.1 Å². The minimum absolute atomic E-state index is 0.0689. The van der Waals surface area contributed by atoms with Crippen molar-refractivity contribution in [2.75, 3.05) is 13.7 Å². The van der Waals surface area contributed by atoms with E-state index in [1.807, 2.05) is 0 Å². The SMILES string of the molecule is COc1cc(C)cc(F)c1C(=O)CN. The number of benzene rings is 1. The van der Waals surface area contributed by atoms with Crippen LogP contribution in [0.2, 0.25) is 0 Å². The van der Waals surface area contributed by atoms with E-state index >= 15 is 0 Å². The zero-order valence-electron chi connectivity index (χ0n) is 8.13. The summed E-state index contributed by atoms with van der Waals surface area (Å²) < 4.78 is 18.3. The van der Waals surface area contributed by atoms with Gasteiger partial charge in [0.2, 0.25) is 0 Å². The van der Waals surface area contributed by atoms with Gasteiger partial charge >= 0.3 is 0 Å². The number of hydrogen-bond donors (Lipinski definition) is 1. The molecule has 0 aliphatic carbocycles. The fourth-order valence-corrected chi connectivity index (χ4v) is 1.24. The van der Waals surface area contributed by atoms with Gasteiger partial charge in [0.25, 0.3) is 0 Å². The van der Waals surface area contributed by atoms with Crippen molar-refractivity contribution in [2.45, 2.75) is 6.92 Å². The molecule has 3 nitrogen and oxygen atoms in total. The van der Waals surface area contributed by atoms with Gasteiger partial charge in [0.05, 0.1) is 19.2 Å². The summed E-state index contributed by atoms with van der Waals surface area (Å²) in [6.07, 6.45) is 0. The quantitative estimate of drug-likeness (QED) is 0.743. The number of carbonyl (C=O) groups excluding carboxylic acids is 1. The molecule has 2 N–H and O–H groups in total. The predicted molar refractivity (Wildman–Crippen MR) is 51.1 cm³/mol. The molecule has 0 heterocycles. The summed E-state index contributed by atoms with van der Waals surface area (Å²) >= 11 is 0. The second-order valence-electron chi connectivity index (χ2n) is 2.95. The molecule has 14 heavy (non-hydrogen) atoms. The Balaban J connectivity index is 3.32. The Bertz CT molecular complexity index is 363. The topological polar surface area (TPSA) is 52.3 Å². The largest absolute Gasteiger partial charge is 0.496 e. The minimum Gasteiger partial charge on any atom is -0.496 e. The van der Waals surface area contributed by atoms with E-state index in [0.717, 1.165) is 0 Å². The molecule has 0 unspecified atom stereocenters. The average molecular weight is 197 g/mol. The van der Waals surface area contributed by atoms with Gasteiger partial charge in [0, 0.05) is 0 Å². The summed E-state index contributed by atoms with van der Waals surface area (Å²) in [5.74, 6) is -0.811. The Hall–Kier alpha value is -1.42. The fourth-order valence-electron chi connectivity index (χ4n) is 1.24. The van der Waals surface area contributed by atoms with Gasteiger partial charge in [0.1, 0.15) is 11.6 Å². The van der Waals surface area contributed by atoms with Crippen molar-refractivity contribution in [1.29, 1.82) is 0 Å². The lowest BCUT2D eigenvalue weighted by molar-refractivity contribution is 0.0994. The van der Waals surface area contributed by atoms with Crippen molar-refractivity contribution >= 4 is 5.78 Å². The number of carbonyl (C=O) groups is 1. The zero-order valence-corrected chi connectivity index (χ0v) is 8.13. The van der Waals surface area contributed by atoms with Crippen LogP contribution in [0, 0.1) is 12.7 Å². The maximum atomic E-state index is 13.4. The zero-order chi connectivity index (χ0) is 10.7. The van der Waals surface area contributed by atoms with E-state index in [1.54, 1.807) is 13.0 Å². The van der Waals surface area contributed by atoms with Crippen LogP contribution >= 0.6 is 0 Å². The highest BCUT2D eigenvalue weighted by atomic mass is 19.1. The van der Waals surface area contributed by atoms with E-state index in [1.165, 1.54) is 13.2 Å². The van der Waals surface area contributed by atoms with Crippen molar-refractivity contribution < 1.29 is 13.9 Å². The molecule has 0 saturated carbocycles. The summed E-state index contributed by atoms with van der Waals surface area (Å²) in [5.41, 5.74) is 5.80. The molecule has 0 bridgehead atoms. The van der Waals surface area contributed by atoms with Gasteiger partial charge in [-0.25, -0.2) is 4.39 Å². The van der Waals surface area contributed by atoms with Gasteiger partial charge in [-0.05, 0) is 24.6 Å². The number of Topliss-reactive ketones (excluding diaryl/α,β-unsaturated/α-hetero) is 1. The smallest absolute Gasteiger partial charge is 0.183 e. The lowest BCUT2D eigenvalue weighted by atomic mass is 10.1. The highest BCUT2D eigenvalue weighted by molar-refractivity contribution is 6.00. The second kappa shape index (κ2) is 4.19. The molecular weight excluding hydrogens is 185 g/mol. The molecule has 0 atom stereocenters. The fraction of sp³-hybridized carbons (Fsp3) is 0.300. The monoisotopic (exact) mass is 197 g/mol. The number of halogens is 1. The third-order valence-electron chi connectivity index (χ3n) is 1.88.